The van der Waals surface area contributed by atoms with E-state index in [1.165, 1.54) is 6.26 Å². The third-order valence-corrected chi connectivity index (χ3v) is 4.80. The second kappa shape index (κ2) is 10.1. The van der Waals surface area contributed by atoms with E-state index in [0.717, 1.165) is 0 Å². The van der Waals surface area contributed by atoms with Crippen LogP contribution >= 0.6 is 11.6 Å². The fourth-order valence-electron chi connectivity index (χ4n) is 3.18. The van der Waals surface area contributed by atoms with Gasteiger partial charge in [-0.25, -0.2) is 9.59 Å². The molecular formula is C21H23ClN4O5. The van der Waals surface area contributed by atoms with Crippen LogP contribution in [0.5, 0.6) is 0 Å². The number of nitrogens with zero attached hydrogens (tertiary/aromatic N) is 1. The molecule has 164 valence electrons. The highest BCUT2D eigenvalue weighted by Crippen LogP contribution is 2.28. The predicted octanol–water partition coefficient (Wildman–Crippen LogP) is 2.67. The Labute approximate surface area is 184 Å². The Kier molecular flexibility index (Phi) is 7.32. The third-order valence-electron chi connectivity index (χ3n) is 4.47. The van der Waals surface area contributed by atoms with E-state index in [9.17, 15) is 14.4 Å². The molecule has 0 aliphatic carbocycles. The number of carbonyl (C=O) groups is 3. The lowest BCUT2D eigenvalue weighted by Crippen LogP contribution is -2.48. The van der Waals surface area contributed by atoms with Gasteiger partial charge in [0, 0.05) is 12.2 Å². The molecule has 10 heteroatoms. The van der Waals surface area contributed by atoms with Crippen molar-refractivity contribution in [3.63, 3.8) is 0 Å². The number of para-hydroxylation sites is 1. The molecule has 3 rings (SSSR count). The Bertz CT molecular complexity index is 989. The van der Waals surface area contributed by atoms with Crippen LogP contribution in [0.15, 0.2) is 58.3 Å². The number of hydrogen-bond acceptors (Lipinski definition) is 6. The summed E-state index contributed by atoms with van der Waals surface area (Å²) in [4.78, 5) is 39.0. The molecule has 3 amide bonds. The zero-order valence-electron chi connectivity index (χ0n) is 17.1. The molecule has 1 aliphatic rings. The average molecular weight is 447 g/mol. The number of halogens is 1. The van der Waals surface area contributed by atoms with Crippen molar-refractivity contribution in [3.05, 3.63) is 64.7 Å². The van der Waals surface area contributed by atoms with Gasteiger partial charge in [-0.3, -0.25) is 9.69 Å². The molecule has 2 aromatic rings. The molecule has 0 saturated carbocycles. The predicted molar refractivity (Wildman–Crippen MR) is 114 cm³/mol. The fourth-order valence-corrected chi connectivity index (χ4v) is 3.37. The van der Waals surface area contributed by atoms with E-state index in [-0.39, 0.29) is 31.2 Å². The molecule has 0 saturated heterocycles. The van der Waals surface area contributed by atoms with Gasteiger partial charge in [0.1, 0.15) is 11.8 Å². The van der Waals surface area contributed by atoms with Gasteiger partial charge in [-0.1, -0.05) is 23.7 Å². The maximum absolute atomic E-state index is 12.7. The van der Waals surface area contributed by atoms with Gasteiger partial charge in [0.05, 0.1) is 35.7 Å². The normalized spacial score (nSPS) is 16.0. The minimum atomic E-state index is -0.803. The van der Waals surface area contributed by atoms with Crippen LogP contribution < -0.4 is 16.0 Å². The molecular weight excluding hydrogens is 424 g/mol. The van der Waals surface area contributed by atoms with Crippen molar-refractivity contribution in [2.75, 3.05) is 32.1 Å². The van der Waals surface area contributed by atoms with Gasteiger partial charge < -0.3 is 25.1 Å². The highest BCUT2D eigenvalue weighted by molar-refractivity contribution is 6.33. The first kappa shape index (κ1) is 22.4. The molecule has 0 radical (unpaired) electrons. The Balaban J connectivity index is 1.78. The molecule has 0 bridgehead atoms. The highest BCUT2D eigenvalue weighted by Gasteiger charge is 2.35. The first-order valence-electron chi connectivity index (χ1n) is 9.63. The Hall–Kier alpha value is -3.30. The summed E-state index contributed by atoms with van der Waals surface area (Å²) in [5.41, 5.74) is 1.05. The minimum absolute atomic E-state index is 0.000450. The minimum Gasteiger partial charge on any atom is -0.467 e. The largest absolute Gasteiger partial charge is 0.467 e. The summed E-state index contributed by atoms with van der Waals surface area (Å²) >= 11 is 6.07. The van der Waals surface area contributed by atoms with Gasteiger partial charge in [-0.2, -0.15) is 0 Å². The van der Waals surface area contributed by atoms with Gasteiger partial charge in [-0.05, 0) is 38.2 Å². The second-order valence-corrected chi connectivity index (χ2v) is 7.27. The Morgan fingerprint density at radius 2 is 2.03 bits per heavy atom. The number of esters is 1. The monoisotopic (exact) mass is 446 g/mol. The number of nitrogens with one attached hydrogen (secondary N) is 3. The number of rotatable bonds is 8. The van der Waals surface area contributed by atoms with Crippen molar-refractivity contribution < 1.29 is 23.5 Å². The smallest absolute Gasteiger partial charge is 0.338 e. The molecule has 9 nitrogen and oxygen atoms in total. The topological polar surface area (TPSA) is 113 Å². The second-order valence-electron chi connectivity index (χ2n) is 6.86. The maximum atomic E-state index is 12.7. The number of carbonyl (C=O) groups excluding carboxylic acids is 3. The van der Waals surface area contributed by atoms with Gasteiger partial charge in [0.25, 0.3) is 0 Å². The van der Waals surface area contributed by atoms with Crippen molar-refractivity contribution >= 4 is 35.2 Å². The van der Waals surface area contributed by atoms with Gasteiger partial charge in [0.2, 0.25) is 5.91 Å². The van der Waals surface area contributed by atoms with E-state index in [1.807, 2.05) is 0 Å². The first-order valence-corrected chi connectivity index (χ1v) is 10.0. The summed E-state index contributed by atoms with van der Waals surface area (Å²) in [6.07, 6.45) is 1.46. The first-order chi connectivity index (χ1) is 14.9. The molecule has 0 spiro atoms. The van der Waals surface area contributed by atoms with Crippen LogP contribution in [0.2, 0.25) is 5.02 Å². The molecule has 1 atom stereocenters. The number of hydrogen-bond donors (Lipinski definition) is 3. The van der Waals surface area contributed by atoms with Crippen LogP contribution in [0.3, 0.4) is 0 Å². The highest BCUT2D eigenvalue weighted by atomic mass is 35.5. The molecule has 1 aromatic carbocycles. The molecule has 3 N–H and O–H groups in total. The zero-order chi connectivity index (χ0) is 22.4. The van der Waals surface area contributed by atoms with Crippen LogP contribution in [0.1, 0.15) is 18.7 Å². The van der Waals surface area contributed by atoms with Crippen LogP contribution in [0, 0.1) is 0 Å². The quantitative estimate of drug-likeness (QED) is 0.537. The van der Waals surface area contributed by atoms with Crippen LogP contribution in [-0.4, -0.2) is 49.6 Å². The van der Waals surface area contributed by atoms with Crippen molar-refractivity contribution in [3.8, 4) is 0 Å². The van der Waals surface area contributed by atoms with Crippen LogP contribution in [0.25, 0.3) is 0 Å². The summed E-state index contributed by atoms with van der Waals surface area (Å²) < 4.78 is 10.6. The van der Waals surface area contributed by atoms with Crippen molar-refractivity contribution in [1.82, 2.24) is 15.5 Å². The number of urea groups is 1. The van der Waals surface area contributed by atoms with Crippen LogP contribution in [-0.2, 0) is 14.3 Å². The van der Waals surface area contributed by atoms with Crippen LogP contribution in [0.4, 0.5) is 10.5 Å². The lowest BCUT2D eigenvalue weighted by atomic mass is 10.00. The Morgan fingerprint density at radius 1 is 1.26 bits per heavy atom. The molecule has 0 fully saturated rings. The van der Waals surface area contributed by atoms with E-state index in [1.54, 1.807) is 55.3 Å². The number of amides is 3. The van der Waals surface area contributed by atoms with E-state index >= 15 is 0 Å². The van der Waals surface area contributed by atoms with E-state index in [0.29, 0.717) is 22.2 Å². The number of furan rings is 1. The third kappa shape index (κ3) is 5.65. The summed E-state index contributed by atoms with van der Waals surface area (Å²) in [6, 6.07) is 8.94. The van der Waals surface area contributed by atoms with E-state index in [2.05, 4.69) is 16.0 Å². The van der Waals surface area contributed by atoms with Gasteiger partial charge in [0.15, 0.2) is 0 Å². The molecule has 1 unspecified atom stereocenters. The lowest BCUT2D eigenvalue weighted by Gasteiger charge is -2.29. The summed E-state index contributed by atoms with van der Waals surface area (Å²) in [5.74, 6) is -0.480. The van der Waals surface area contributed by atoms with Crippen molar-refractivity contribution in [2.45, 2.75) is 13.0 Å². The number of ether oxygens (including phenoxy) is 1. The van der Waals surface area contributed by atoms with Crippen molar-refractivity contribution in [1.29, 1.82) is 0 Å². The summed E-state index contributed by atoms with van der Waals surface area (Å²) in [5, 5.41) is 8.50. The number of likely N-dealkylation sites (N-methyl/N-ethyl adjacent to an activating group) is 1. The maximum Gasteiger partial charge on any atom is 0.338 e. The number of anilines is 1. The molecule has 31 heavy (non-hydrogen) atoms. The fraction of sp³-hybridized carbons (Fsp3) is 0.286. The average Bonchev–Trinajstić information content (AvgIpc) is 3.24. The summed E-state index contributed by atoms with van der Waals surface area (Å²) in [7, 11) is 1.69. The SMILES string of the molecule is CCOC(=O)C1=C(CN(C)CC(=O)Nc2ccccc2Cl)NC(=O)NC1c1ccco1. The molecule has 1 aliphatic heterocycles. The van der Waals surface area contributed by atoms with Gasteiger partial charge in [-0.15, -0.1) is 0 Å². The molecule has 2 heterocycles. The Morgan fingerprint density at radius 3 is 2.71 bits per heavy atom. The number of benzene rings is 1. The zero-order valence-corrected chi connectivity index (χ0v) is 17.9. The standard InChI is InChI=1S/C21H23ClN4O5/c1-3-30-20(28)18-15(24-21(29)25-19(18)16-9-6-10-31-16)11-26(2)12-17(27)23-14-8-5-4-7-13(14)22/h4-10,19H,3,11-12H2,1-2H3,(H,23,27)(H2,24,25,29). The molecule has 1 aromatic heterocycles. The van der Waals surface area contributed by atoms with Gasteiger partial charge >= 0.3 is 12.0 Å². The van der Waals surface area contributed by atoms with E-state index in [4.69, 9.17) is 20.8 Å². The summed E-state index contributed by atoms with van der Waals surface area (Å²) in [6.45, 7) is 1.98. The van der Waals surface area contributed by atoms with Crippen molar-refractivity contribution in [2.24, 2.45) is 0 Å². The lowest BCUT2D eigenvalue weighted by molar-refractivity contribution is -0.139. The van der Waals surface area contributed by atoms with E-state index < -0.39 is 18.0 Å².